The minimum Gasteiger partial charge on any atom is -0.484 e. The van der Waals surface area contributed by atoms with E-state index in [1.54, 1.807) is 0 Å². The number of rotatable bonds is 5. The Labute approximate surface area is 84.2 Å². The molecule has 14 heavy (non-hydrogen) atoms. The third-order valence-corrected chi connectivity index (χ3v) is 1.83. The maximum absolute atomic E-state index is 7.22. The molecule has 1 aromatic rings. The third-order valence-electron chi connectivity index (χ3n) is 1.83. The Bertz CT molecular complexity index is 272. The molecule has 0 amide bonds. The molecule has 0 spiro atoms. The number of ether oxygens (including phenoxy) is 2. The second-order valence-corrected chi connectivity index (χ2v) is 2.92. The molecular formula is C11H15NO2. The van der Waals surface area contributed by atoms with Crippen LogP contribution in [0.3, 0.4) is 0 Å². The average Bonchev–Trinajstić information content (AvgIpc) is 2.25. The molecule has 1 aromatic carbocycles. The lowest BCUT2D eigenvalue weighted by molar-refractivity contribution is 0.124. The van der Waals surface area contributed by atoms with Crippen LogP contribution in [-0.4, -0.2) is 19.6 Å². The average molecular weight is 193 g/mol. The zero-order valence-corrected chi connectivity index (χ0v) is 8.32. The van der Waals surface area contributed by atoms with Gasteiger partial charge in [0.1, 0.15) is 0 Å². The lowest BCUT2D eigenvalue weighted by Gasteiger charge is -2.04. The summed E-state index contributed by atoms with van der Waals surface area (Å²) in [6, 6.07) is 9.97. The standard InChI is InChI=1S/C11H15NO2/c1-13-11(12)7-8-14-9-10-5-3-2-4-6-10/h2-6,12H,7-9H2,1H3. The monoisotopic (exact) mass is 193 g/mol. The van der Waals surface area contributed by atoms with Gasteiger partial charge >= 0.3 is 0 Å². The van der Waals surface area contributed by atoms with Crippen LogP contribution in [0.5, 0.6) is 0 Å². The summed E-state index contributed by atoms with van der Waals surface area (Å²) in [5.74, 6) is 0.262. The fourth-order valence-corrected chi connectivity index (χ4v) is 1.03. The van der Waals surface area contributed by atoms with Crippen molar-refractivity contribution in [3.05, 3.63) is 35.9 Å². The molecule has 1 N–H and O–H groups in total. The fraction of sp³-hybridized carbons (Fsp3) is 0.364. The van der Waals surface area contributed by atoms with Crippen LogP contribution >= 0.6 is 0 Å². The van der Waals surface area contributed by atoms with Crippen molar-refractivity contribution >= 4 is 5.90 Å². The van der Waals surface area contributed by atoms with Crippen molar-refractivity contribution in [2.45, 2.75) is 13.0 Å². The molecule has 0 bridgehead atoms. The maximum Gasteiger partial charge on any atom is 0.182 e. The summed E-state index contributed by atoms with van der Waals surface area (Å²) >= 11 is 0. The molecule has 1 rings (SSSR count). The van der Waals surface area contributed by atoms with Gasteiger partial charge in [-0.05, 0) is 5.56 Å². The molecule has 0 saturated heterocycles. The predicted molar refractivity (Wildman–Crippen MR) is 55.5 cm³/mol. The predicted octanol–water partition coefficient (Wildman–Crippen LogP) is 2.22. The molecule has 0 aliphatic carbocycles. The van der Waals surface area contributed by atoms with Gasteiger partial charge in [-0.15, -0.1) is 0 Å². The Hall–Kier alpha value is -1.35. The normalized spacial score (nSPS) is 9.79. The van der Waals surface area contributed by atoms with Crippen LogP contribution < -0.4 is 0 Å². The van der Waals surface area contributed by atoms with Crippen LogP contribution in [0.2, 0.25) is 0 Å². The Balaban J connectivity index is 2.13. The van der Waals surface area contributed by atoms with Crippen molar-refractivity contribution in [1.82, 2.24) is 0 Å². The highest BCUT2D eigenvalue weighted by Crippen LogP contribution is 2.00. The van der Waals surface area contributed by atoms with E-state index < -0.39 is 0 Å². The summed E-state index contributed by atoms with van der Waals surface area (Å²) in [6.45, 7) is 1.12. The van der Waals surface area contributed by atoms with Gasteiger partial charge < -0.3 is 9.47 Å². The van der Waals surface area contributed by atoms with E-state index in [-0.39, 0.29) is 5.90 Å². The van der Waals surface area contributed by atoms with Crippen LogP contribution in [0, 0.1) is 5.41 Å². The third kappa shape index (κ3) is 4.05. The van der Waals surface area contributed by atoms with Gasteiger partial charge in [-0.2, -0.15) is 0 Å². The van der Waals surface area contributed by atoms with Gasteiger partial charge in [0, 0.05) is 6.42 Å². The van der Waals surface area contributed by atoms with Crippen LogP contribution in [0.15, 0.2) is 30.3 Å². The molecule has 76 valence electrons. The van der Waals surface area contributed by atoms with Crippen molar-refractivity contribution in [2.75, 3.05) is 13.7 Å². The summed E-state index contributed by atoms with van der Waals surface area (Å²) < 4.78 is 10.1. The van der Waals surface area contributed by atoms with Crippen LogP contribution in [-0.2, 0) is 16.1 Å². The highest BCUT2D eigenvalue weighted by Gasteiger charge is 1.95. The molecule has 0 atom stereocenters. The van der Waals surface area contributed by atoms with Gasteiger partial charge in [0.05, 0.1) is 20.3 Å². The Morgan fingerprint density at radius 2 is 2.00 bits per heavy atom. The molecule has 0 aliphatic heterocycles. The maximum atomic E-state index is 7.22. The topological polar surface area (TPSA) is 42.3 Å². The van der Waals surface area contributed by atoms with Gasteiger partial charge in [0.15, 0.2) is 5.90 Å². The lowest BCUT2D eigenvalue weighted by Crippen LogP contribution is -2.04. The van der Waals surface area contributed by atoms with Crippen molar-refractivity contribution in [2.24, 2.45) is 0 Å². The van der Waals surface area contributed by atoms with Gasteiger partial charge in [-0.1, -0.05) is 30.3 Å². The Morgan fingerprint density at radius 3 is 2.64 bits per heavy atom. The van der Waals surface area contributed by atoms with Gasteiger partial charge in [0.2, 0.25) is 0 Å². The number of hydrogen-bond acceptors (Lipinski definition) is 3. The van der Waals surface area contributed by atoms with Crippen LogP contribution in [0.25, 0.3) is 0 Å². The van der Waals surface area contributed by atoms with Gasteiger partial charge in [0.25, 0.3) is 0 Å². The highest BCUT2D eigenvalue weighted by molar-refractivity contribution is 5.72. The van der Waals surface area contributed by atoms with Crippen molar-refractivity contribution in [3.63, 3.8) is 0 Å². The van der Waals surface area contributed by atoms with E-state index >= 15 is 0 Å². The van der Waals surface area contributed by atoms with E-state index in [1.165, 1.54) is 7.11 Å². The molecule has 3 heteroatoms. The molecule has 0 unspecified atom stereocenters. The molecule has 0 heterocycles. The summed E-state index contributed by atoms with van der Waals surface area (Å²) in [5, 5.41) is 7.22. The van der Waals surface area contributed by atoms with E-state index in [4.69, 9.17) is 14.9 Å². The molecule has 0 aromatic heterocycles. The first-order chi connectivity index (χ1) is 6.83. The second kappa shape index (κ2) is 6.16. The molecular weight excluding hydrogens is 178 g/mol. The Kier molecular flexibility index (Phi) is 4.72. The van der Waals surface area contributed by atoms with E-state index in [2.05, 4.69) is 0 Å². The largest absolute Gasteiger partial charge is 0.484 e. The quantitative estimate of drug-likeness (QED) is 0.442. The molecule has 0 radical (unpaired) electrons. The molecule has 3 nitrogen and oxygen atoms in total. The molecule has 0 fully saturated rings. The fourth-order valence-electron chi connectivity index (χ4n) is 1.03. The first-order valence-corrected chi connectivity index (χ1v) is 4.56. The van der Waals surface area contributed by atoms with Crippen molar-refractivity contribution < 1.29 is 9.47 Å². The van der Waals surface area contributed by atoms with Gasteiger partial charge in [-0.25, -0.2) is 0 Å². The number of methoxy groups -OCH3 is 1. The van der Waals surface area contributed by atoms with Crippen LogP contribution in [0.4, 0.5) is 0 Å². The zero-order chi connectivity index (χ0) is 10.2. The summed E-state index contributed by atoms with van der Waals surface area (Å²) in [5.41, 5.74) is 1.15. The lowest BCUT2D eigenvalue weighted by atomic mass is 10.2. The SMILES string of the molecule is COC(=N)CCOCc1ccccc1. The minimum absolute atomic E-state index is 0.262. The number of nitrogens with one attached hydrogen (secondary N) is 1. The number of hydrogen-bond donors (Lipinski definition) is 1. The van der Waals surface area contributed by atoms with Gasteiger partial charge in [-0.3, -0.25) is 5.41 Å². The van der Waals surface area contributed by atoms with Crippen molar-refractivity contribution in [1.29, 1.82) is 5.41 Å². The Morgan fingerprint density at radius 1 is 1.29 bits per heavy atom. The zero-order valence-electron chi connectivity index (χ0n) is 8.32. The second-order valence-electron chi connectivity index (χ2n) is 2.92. The first kappa shape index (κ1) is 10.7. The number of benzene rings is 1. The smallest absolute Gasteiger partial charge is 0.182 e. The highest BCUT2D eigenvalue weighted by atomic mass is 16.5. The molecule has 0 aliphatic rings. The van der Waals surface area contributed by atoms with E-state index in [0.717, 1.165) is 5.56 Å². The van der Waals surface area contributed by atoms with E-state index in [9.17, 15) is 0 Å². The van der Waals surface area contributed by atoms with E-state index in [0.29, 0.717) is 19.6 Å². The summed E-state index contributed by atoms with van der Waals surface area (Å²) in [7, 11) is 1.50. The minimum atomic E-state index is 0.262. The summed E-state index contributed by atoms with van der Waals surface area (Å²) in [6.07, 6.45) is 0.531. The molecule has 0 saturated carbocycles. The summed E-state index contributed by atoms with van der Waals surface area (Å²) in [4.78, 5) is 0. The first-order valence-electron chi connectivity index (χ1n) is 4.56. The van der Waals surface area contributed by atoms with Crippen molar-refractivity contribution in [3.8, 4) is 0 Å². The van der Waals surface area contributed by atoms with Crippen LogP contribution in [0.1, 0.15) is 12.0 Å². The van der Waals surface area contributed by atoms with E-state index in [1.807, 2.05) is 30.3 Å².